The van der Waals surface area contributed by atoms with Crippen molar-refractivity contribution < 1.29 is 13.9 Å². The zero-order valence-electron chi connectivity index (χ0n) is 10.1. The molecule has 0 aliphatic heterocycles. The number of fused-ring (bicyclic) bond motifs is 1. The number of furan rings is 1. The van der Waals surface area contributed by atoms with E-state index in [0.29, 0.717) is 10.6 Å². The minimum absolute atomic E-state index is 0.113. The van der Waals surface area contributed by atoms with E-state index in [4.69, 9.17) is 32.4 Å². The topological polar surface area (TPSA) is 39.4 Å². The Bertz CT molecular complexity index is 760. The standard InChI is InChI=1S/C15H8Cl2O3/c16-10-5-3-7-12(14(10)17)20-15(18)13-8-9-4-1-2-6-11(9)19-13/h1-8H. The summed E-state index contributed by atoms with van der Waals surface area (Å²) in [5, 5.41) is 1.34. The summed E-state index contributed by atoms with van der Waals surface area (Å²) in [4.78, 5) is 12.0. The highest BCUT2D eigenvalue weighted by Crippen LogP contribution is 2.32. The first-order valence-corrected chi connectivity index (χ1v) is 6.55. The fourth-order valence-corrected chi connectivity index (χ4v) is 2.13. The van der Waals surface area contributed by atoms with Gasteiger partial charge in [0.05, 0.1) is 5.02 Å². The van der Waals surface area contributed by atoms with Crippen LogP contribution in [0.5, 0.6) is 5.75 Å². The molecule has 0 atom stereocenters. The summed E-state index contributed by atoms with van der Waals surface area (Å²) in [5.74, 6) is -0.308. The molecule has 0 spiro atoms. The normalized spacial score (nSPS) is 10.7. The molecule has 0 saturated heterocycles. The van der Waals surface area contributed by atoms with Crippen molar-refractivity contribution in [3.8, 4) is 5.75 Å². The maximum absolute atomic E-state index is 12.0. The second kappa shape index (κ2) is 5.19. The number of para-hydroxylation sites is 1. The Kier molecular flexibility index (Phi) is 3.38. The molecule has 3 aromatic rings. The van der Waals surface area contributed by atoms with E-state index in [1.54, 1.807) is 30.3 Å². The SMILES string of the molecule is O=C(Oc1cccc(Cl)c1Cl)c1cc2ccccc2o1. The molecule has 0 bridgehead atoms. The second-order valence-corrected chi connectivity index (χ2v) is 4.88. The molecule has 3 nitrogen and oxygen atoms in total. The molecule has 3 rings (SSSR count). The van der Waals surface area contributed by atoms with Crippen molar-refractivity contribution in [1.29, 1.82) is 0 Å². The van der Waals surface area contributed by atoms with Gasteiger partial charge in [-0.05, 0) is 24.3 Å². The number of ether oxygens (including phenoxy) is 1. The summed E-state index contributed by atoms with van der Waals surface area (Å²) in [5.41, 5.74) is 0.622. The average Bonchev–Trinajstić information content (AvgIpc) is 2.88. The van der Waals surface area contributed by atoms with Gasteiger partial charge in [0, 0.05) is 5.39 Å². The quantitative estimate of drug-likeness (QED) is 0.496. The molecule has 2 aromatic carbocycles. The van der Waals surface area contributed by atoms with Crippen LogP contribution in [0.3, 0.4) is 0 Å². The fraction of sp³-hybridized carbons (Fsp3) is 0. The summed E-state index contributed by atoms with van der Waals surface area (Å²) in [6, 6.07) is 13.8. The van der Waals surface area contributed by atoms with Crippen LogP contribution in [0.2, 0.25) is 10.0 Å². The first kappa shape index (κ1) is 13.0. The van der Waals surface area contributed by atoms with Gasteiger partial charge in [0.1, 0.15) is 10.6 Å². The number of hydrogen-bond donors (Lipinski definition) is 0. The molecule has 0 radical (unpaired) electrons. The largest absolute Gasteiger partial charge is 0.449 e. The molecule has 5 heteroatoms. The van der Waals surface area contributed by atoms with Gasteiger partial charge in [-0.15, -0.1) is 0 Å². The Hall–Kier alpha value is -1.97. The number of hydrogen-bond acceptors (Lipinski definition) is 3. The first-order valence-electron chi connectivity index (χ1n) is 5.80. The molecule has 0 N–H and O–H groups in total. The van der Waals surface area contributed by atoms with E-state index >= 15 is 0 Å². The number of benzene rings is 2. The number of halogens is 2. The predicted molar refractivity (Wildman–Crippen MR) is 77.6 cm³/mol. The first-order chi connectivity index (χ1) is 9.65. The third-order valence-corrected chi connectivity index (χ3v) is 3.55. The van der Waals surface area contributed by atoms with Gasteiger partial charge in [-0.3, -0.25) is 0 Å². The van der Waals surface area contributed by atoms with E-state index in [-0.39, 0.29) is 16.5 Å². The smallest absolute Gasteiger partial charge is 0.379 e. The molecular formula is C15H8Cl2O3. The zero-order valence-corrected chi connectivity index (χ0v) is 11.6. The molecule has 0 unspecified atom stereocenters. The van der Waals surface area contributed by atoms with Gasteiger partial charge in [-0.2, -0.15) is 0 Å². The van der Waals surface area contributed by atoms with Crippen molar-refractivity contribution >= 4 is 40.1 Å². The van der Waals surface area contributed by atoms with E-state index in [1.165, 1.54) is 0 Å². The van der Waals surface area contributed by atoms with E-state index in [1.807, 2.05) is 18.2 Å². The third kappa shape index (κ3) is 2.38. The van der Waals surface area contributed by atoms with Gasteiger partial charge in [0.2, 0.25) is 5.76 Å². The lowest BCUT2D eigenvalue weighted by atomic mass is 10.2. The van der Waals surface area contributed by atoms with E-state index in [2.05, 4.69) is 0 Å². The molecule has 100 valence electrons. The lowest BCUT2D eigenvalue weighted by molar-refractivity contribution is 0.0704. The van der Waals surface area contributed by atoms with Gasteiger partial charge in [-0.1, -0.05) is 47.5 Å². The summed E-state index contributed by atoms with van der Waals surface area (Å²) >= 11 is 11.8. The van der Waals surface area contributed by atoms with Crippen LogP contribution in [0.25, 0.3) is 11.0 Å². The van der Waals surface area contributed by atoms with Crippen LogP contribution < -0.4 is 4.74 Å². The van der Waals surface area contributed by atoms with Crippen LogP contribution in [0.15, 0.2) is 52.9 Å². The van der Waals surface area contributed by atoms with Crippen molar-refractivity contribution in [1.82, 2.24) is 0 Å². The van der Waals surface area contributed by atoms with Gasteiger partial charge in [-0.25, -0.2) is 4.79 Å². The van der Waals surface area contributed by atoms with Crippen molar-refractivity contribution in [2.75, 3.05) is 0 Å². The Balaban J connectivity index is 1.91. The number of esters is 1. The third-order valence-electron chi connectivity index (χ3n) is 2.75. The van der Waals surface area contributed by atoms with Gasteiger partial charge in [0.15, 0.2) is 5.75 Å². The predicted octanol–water partition coefficient (Wildman–Crippen LogP) is 4.96. The van der Waals surface area contributed by atoms with Crippen molar-refractivity contribution in [2.24, 2.45) is 0 Å². The molecule has 1 heterocycles. The Morgan fingerprint density at radius 3 is 2.65 bits per heavy atom. The molecule has 1 aromatic heterocycles. The van der Waals surface area contributed by atoms with Crippen LogP contribution in [0.4, 0.5) is 0 Å². The molecule has 0 fully saturated rings. The molecule has 0 amide bonds. The second-order valence-electron chi connectivity index (χ2n) is 4.09. The molecule has 0 saturated carbocycles. The lowest BCUT2D eigenvalue weighted by Crippen LogP contribution is -2.07. The minimum atomic E-state index is -0.620. The molecular weight excluding hydrogens is 299 g/mol. The summed E-state index contributed by atoms with van der Waals surface area (Å²) in [7, 11) is 0. The van der Waals surface area contributed by atoms with Crippen molar-refractivity contribution in [2.45, 2.75) is 0 Å². The van der Waals surface area contributed by atoms with E-state index in [0.717, 1.165) is 5.39 Å². The zero-order chi connectivity index (χ0) is 14.1. The lowest BCUT2D eigenvalue weighted by Gasteiger charge is -2.05. The molecule has 0 aliphatic rings. The highest BCUT2D eigenvalue weighted by Gasteiger charge is 2.16. The molecule has 0 aliphatic carbocycles. The van der Waals surface area contributed by atoms with Gasteiger partial charge >= 0.3 is 5.97 Å². The monoisotopic (exact) mass is 306 g/mol. The highest BCUT2D eigenvalue weighted by atomic mass is 35.5. The highest BCUT2D eigenvalue weighted by molar-refractivity contribution is 6.43. The number of rotatable bonds is 2. The van der Waals surface area contributed by atoms with E-state index < -0.39 is 5.97 Å². The Morgan fingerprint density at radius 2 is 1.85 bits per heavy atom. The van der Waals surface area contributed by atoms with E-state index in [9.17, 15) is 4.79 Å². The summed E-state index contributed by atoms with van der Waals surface area (Å²) in [6.45, 7) is 0. The number of carbonyl (C=O) groups excluding carboxylic acids is 1. The van der Waals surface area contributed by atoms with Crippen LogP contribution in [-0.2, 0) is 0 Å². The van der Waals surface area contributed by atoms with Crippen molar-refractivity contribution in [3.63, 3.8) is 0 Å². The minimum Gasteiger partial charge on any atom is -0.449 e. The van der Waals surface area contributed by atoms with Crippen molar-refractivity contribution in [3.05, 3.63) is 64.3 Å². The average molecular weight is 307 g/mol. The van der Waals surface area contributed by atoms with Gasteiger partial charge < -0.3 is 9.15 Å². The summed E-state index contributed by atoms with van der Waals surface area (Å²) in [6.07, 6.45) is 0. The summed E-state index contributed by atoms with van der Waals surface area (Å²) < 4.78 is 10.6. The van der Waals surface area contributed by atoms with Crippen LogP contribution >= 0.6 is 23.2 Å². The maximum atomic E-state index is 12.0. The Morgan fingerprint density at radius 1 is 1.05 bits per heavy atom. The molecule has 20 heavy (non-hydrogen) atoms. The van der Waals surface area contributed by atoms with Crippen LogP contribution in [-0.4, -0.2) is 5.97 Å². The van der Waals surface area contributed by atoms with Gasteiger partial charge in [0.25, 0.3) is 0 Å². The Labute approximate surface area is 124 Å². The fourth-order valence-electron chi connectivity index (χ4n) is 1.80. The van der Waals surface area contributed by atoms with Crippen LogP contribution in [0.1, 0.15) is 10.6 Å². The number of carbonyl (C=O) groups is 1. The van der Waals surface area contributed by atoms with Crippen LogP contribution in [0, 0.1) is 0 Å². The maximum Gasteiger partial charge on any atom is 0.379 e.